The van der Waals surface area contributed by atoms with E-state index in [0.717, 1.165) is 16.9 Å². The fourth-order valence-corrected chi connectivity index (χ4v) is 4.27. The molecule has 0 bridgehead atoms. The van der Waals surface area contributed by atoms with Crippen LogP contribution in [0.1, 0.15) is 27.5 Å². The third-order valence-corrected chi connectivity index (χ3v) is 6.07. The summed E-state index contributed by atoms with van der Waals surface area (Å²) in [5.74, 6) is 3.16. The predicted octanol–water partition coefficient (Wildman–Crippen LogP) is 4.54. The molecule has 0 aromatic heterocycles. The number of carbonyl (C=O) groups is 1. The van der Waals surface area contributed by atoms with Crippen molar-refractivity contribution < 1.29 is 28.5 Å². The Balaban J connectivity index is 1.70. The first-order chi connectivity index (χ1) is 16.6. The Kier molecular flexibility index (Phi) is 7.11. The fraction of sp³-hybridized carbons (Fsp3) is 0.296. The Morgan fingerprint density at radius 1 is 0.824 bits per heavy atom. The number of amides is 1. The number of ether oxygens (including phenoxy) is 5. The van der Waals surface area contributed by atoms with Crippen molar-refractivity contribution in [3.8, 4) is 28.7 Å². The van der Waals surface area contributed by atoms with Crippen LogP contribution in [-0.4, -0.2) is 52.4 Å². The molecule has 0 fully saturated rings. The van der Waals surface area contributed by atoms with Gasteiger partial charge < -0.3 is 28.6 Å². The van der Waals surface area contributed by atoms with Crippen LogP contribution >= 0.6 is 0 Å². The molecule has 0 N–H and O–H groups in total. The molecule has 1 amide bonds. The van der Waals surface area contributed by atoms with Crippen molar-refractivity contribution in [2.45, 2.75) is 12.5 Å². The van der Waals surface area contributed by atoms with Gasteiger partial charge in [-0.25, -0.2) is 0 Å². The average Bonchev–Trinajstić information content (AvgIpc) is 2.90. The van der Waals surface area contributed by atoms with E-state index in [-0.39, 0.29) is 18.6 Å². The van der Waals surface area contributed by atoms with Crippen LogP contribution in [0.25, 0.3) is 0 Å². The van der Waals surface area contributed by atoms with Gasteiger partial charge in [0.25, 0.3) is 5.91 Å². The molecule has 178 valence electrons. The van der Waals surface area contributed by atoms with Crippen LogP contribution in [0.3, 0.4) is 0 Å². The molecule has 7 heteroatoms. The number of rotatable bonds is 8. The zero-order valence-corrected chi connectivity index (χ0v) is 19.9. The molecule has 7 nitrogen and oxygen atoms in total. The summed E-state index contributed by atoms with van der Waals surface area (Å²) in [5.41, 5.74) is 2.59. The van der Waals surface area contributed by atoms with E-state index in [2.05, 4.69) is 0 Å². The maximum Gasteiger partial charge on any atom is 0.258 e. The normalized spacial score (nSPS) is 14.7. The van der Waals surface area contributed by atoms with E-state index in [9.17, 15) is 4.79 Å². The summed E-state index contributed by atoms with van der Waals surface area (Å²) in [4.78, 5) is 15.5. The largest absolute Gasteiger partial charge is 0.497 e. The third-order valence-electron chi connectivity index (χ3n) is 6.07. The van der Waals surface area contributed by atoms with E-state index in [0.29, 0.717) is 41.5 Å². The Labute approximate surface area is 199 Å². The highest BCUT2D eigenvalue weighted by atomic mass is 16.5. The molecule has 4 rings (SSSR count). The van der Waals surface area contributed by atoms with E-state index in [1.807, 2.05) is 53.4 Å². The Morgan fingerprint density at radius 3 is 2.15 bits per heavy atom. The lowest BCUT2D eigenvalue weighted by Crippen LogP contribution is -2.42. The van der Waals surface area contributed by atoms with Gasteiger partial charge in [0, 0.05) is 6.54 Å². The zero-order valence-electron chi connectivity index (χ0n) is 19.9. The predicted molar refractivity (Wildman–Crippen MR) is 129 cm³/mol. The second-order valence-corrected chi connectivity index (χ2v) is 7.86. The van der Waals surface area contributed by atoms with Gasteiger partial charge in [0.1, 0.15) is 23.9 Å². The van der Waals surface area contributed by atoms with Crippen molar-refractivity contribution in [2.24, 2.45) is 0 Å². The minimum Gasteiger partial charge on any atom is -0.497 e. The molecular formula is C27H29NO6. The van der Waals surface area contributed by atoms with Gasteiger partial charge in [-0.1, -0.05) is 12.1 Å². The number of methoxy groups -OCH3 is 4. The molecule has 0 radical (unpaired) electrons. The molecule has 1 aliphatic heterocycles. The van der Waals surface area contributed by atoms with Crippen molar-refractivity contribution in [1.29, 1.82) is 0 Å². The lowest BCUT2D eigenvalue weighted by atomic mass is 9.91. The van der Waals surface area contributed by atoms with Crippen LogP contribution in [0, 0.1) is 0 Å². The number of nitrogens with zero attached hydrogens (tertiary/aromatic N) is 1. The lowest BCUT2D eigenvalue weighted by molar-refractivity contribution is 0.0586. The quantitative estimate of drug-likeness (QED) is 0.489. The van der Waals surface area contributed by atoms with E-state index < -0.39 is 0 Å². The van der Waals surface area contributed by atoms with Gasteiger partial charge in [0.05, 0.1) is 40.0 Å². The molecular weight excluding hydrogens is 434 g/mol. The van der Waals surface area contributed by atoms with Crippen LogP contribution in [0.2, 0.25) is 0 Å². The first-order valence-electron chi connectivity index (χ1n) is 11.0. The van der Waals surface area contributed by atoms with Crippen molar-refractivity contribution in [3.63, 3.8) is 0 Å². The van der Waals surface area contributed by atoms with Gasteiger partial charge in [0.2, 0.25) is 0 Å². The van der Waals surface area contributed by atoms with Gasteiger partial charge in [0.15, 0.2) is 11.5 Å². The van der Waals surface area contributed by atoms with Gasteiger partial charge in [-0.2, -0.15) is 0 Å². The summed E-state index contributed by atoms with van der Waals surface area (Å²) in [6.07, 6.45) is 0.690. The van der Waals surface area contributed by atoms with E-state index in [1.165, 1.54) is 0 Å². The van der Waals surface area contributed by atoms with E-state index in [4.69, 9.17) is 23.7 Å². The Bertz CT molecular complexity index is 1140. The topological polar surface area (TPSA) is 66.5 Å². The van der Waals surface area contributed by atoms with Crippen LogP contribution in [0.4, 0.5) is 0 Å². The highest BCUT2D eigenvalue weighted by molar-refractivity contribution is 5.97. The summed E-state index contributed by atoms with van der Waals surface area (Å²) >= 11 is 0. The number of carbonyl (C=O) groups excluding carboxylic acids is 1. The Morgan fingerprint density at radius 2 is 1.47 bits per heavy atom. The summed E-state index contributed by atoms with van der Waals surface area (Å²) in [6.45, 7) is 0.811. The van der Waals surface area contributed by atoms with E-state index in [1.54, 1.807) is 40.6 Å². The monoisotopic (exact) mass is 463 g/mol. The number of benzene rings is 3. The van der Waals surface area contributed by atoms with Gasteiger partial charge in [-0.05, 0) is 66.1 Å². The molecule has 3 aromatic rings. The van der Waals surface area contributed by atoms with Crippen LogP contribution < -0.4 is 23.7 Å². The minimum absolute atomic E-state index is 0.110. The molecule has 0 saturated carbocycles. The number of para-hydroxylation sites is 1. The van der Waals surface area contributed by atoms with Crippen molar-refractivity contribution in [1.82, 2.24) is 4.90 Å². The molecule has 3 aromatic carbocycles. The number of hydrogen-bond donors (Lipinski definition) is 0. The SMILES string of the molecule is COc1ccc(OC[C@H]2c3cc(OC)c(OC)cc3CCN2C(=O)c2ccccc2OC)cc1. The summed E-state index contributed by atoms with van der Waals surface area (Å²) in [7, 11) is 6.42. The second-order valence-electron chi connectivity index (χ2n) is 7.86. The number of fused-ring (bicyclic) bond motifs is 1. The summed E-state index contributed by atoms with van der Waals surface area (Å²) in [6, 6.07) is 18.3. The fourth-order valence-electron chi connectivity index (χ4n) is 4.27. The van der Waals surface area contributed by atoms with E-state index >= 15 is 0 Å². The van der Waals surface area contributed by atoms with Gasteiger partial charge >= 0.3 is 0 Å². The lowest BCUT2D eigenvalue weighted by Gasteiger charge is -2.38. The molecule has 0 aliphatic carbocycles. The third kappa shape index (κ3) is 4.59. The van der Waals surface area contributed by atoms with Crippen LogP contribution in [0.5, 0.6) is 28.7 Å². The molecule has 1 atom stereocenters. The maximum absolute atomic E-state index is 13.7. The number of hydrogen-bond acceptors (Lipinski definition) is 6. The smallest absolute Gasteiger partial charge is 0.258 e. The van der Waals surface area contributed by atoms with Crippen LogP contribution in [0.15, 0.2) is 60.7 Å². The first kappa shape index (κ1) is 23.3. The molecule has 1 heterocycles. The molecule has 0 spiro atoms. The van der Waals surface area contributed by atoms with Crippen molar-refractivity contribution in [3.05, 3.63) is 77.4 Å². The molecule has 0 saturated heterocycles. The first-order valence-corrected chi connectivity index (χ1v) is 11.0. The average molecular weight is 464 g/mol. The highest BCUT2D eigenvalue weighted by Gasteiger charge is 2.34. The van der Waals surface area contributed by atoms with Gasteiger partial charge in [-0.3, -0.25) is 4.79 Å². The molecule has 0 unspecified atom stereocenters. The minimum atomic E-state index is -0.330. The summed E-state index contributed by atoms with van der Waals surface area (Å²) in [5, 5.41) is 0. The summed E-state index contributed by atoms with van der Waals surface area (Å²) < 4.78 is 27.9. The second kappa shape index (κ2) is 10.4. The maximum atomic E-state index is 13.7. The zero-order chi connectivity index (χ0) is 24.1. The van der Waals surface area contributed by atoms with Crippen LogP contribution in [-0.2, 0) is 6.42 Å². The highest BCUT2D eigenvalue weighted by Crippen LogP contribution is 2.39. The standard InChI is InChI=1S/C27H29NO6/c1-30-19-9-11-20(12-10-19)34-17-23-22-16-26(33-4)25(32-3)15-18(22)13-14-28(23)27(29)21-7-5-6-8-24(21)31-2/h5-12,15-16,23H,13-14,17H2,1-4H3/t23-/m0/s1. The molecule has 34 heavy (non-hydrogen) atoms. The van der Waals surface area contributed by atoms with Crippen molar-refractivity contribution in [2.75, 3.05) is 41.6 Å². The Hall–Kier alpha value is -3.87. The molecule has 1 aliphatic rings. The van der Waals surface area contributed by atoms with Crippen molar-refractivity contribution >= 4 is 5.91 Å². The van der Waals surface area contributed by atoms with Gasteiger partial charge in [-0.15, -0.1) is 0 Å².